The zero-order valence-corrected chi connectivity index (χ0v) is 15.4. The van der Waals surface area contributed by atoms with Crippen molar-refractivity contribution in [1.29, 1.82) is 0 Å². The lowest BCUT2D eigenvalue weighted by Gasteiger charge is -2.10. The number of benzene rings is 2. The lowest BCUT2D eigenvalue weighted by atomic mass is 10.1. The molecule has 3 rings (SSSR count). The Morgan fingerprint density at radius 1 is 1.15 bits per heavy atom. The number of aryl methyl sites for hydroxylation is 1. The van der Waals surface area contributed by atoms with Crippen LogP contribution in [0.4, 0.5) is 0 Å². The third-order valence-electron chi connectivity index (χ3n) is 3.77. The smallest absolute Gasteiger partial charge is 0.338 e. The SMILES string of the molecule is Cc1ccc(-c2nnc(C(C)OC(=O)c3cccc(S(N)(=O)=O)c3)o2)cc1. The average molecular weight is 387 g/mol. The van der Waals surface area contributed by atoms with E-state index in [-0.39, 0.29) is 16.3 Å². The number of carbonyl (C=O) groups is 1. The minimum atomic E-state index is -3.92. The Morgan fingerprint density at radius 2 is 1.85 bits per heavy atom. The van der Waals surface area contributed by atoms with E-state index in [4.69, 9.17) is 14.3 Å². The highest BCUT2D eigenvalue weighted by atomic mass is 32.2. The van der Waals surface area contributed by atoms with Crippen molar-refractivity contribution in [2.75, 3.05) is 0 Å². The molecular weight excluding hydrogens is 370 g/mol. The number of carbonyl (C=O) groups excluding carboxylic acids is 1. The van der Waals surface area contributed by atoms with Crippen LogP contribution >= 0.6 is 0 Å². The van der Waals surface area contributed by atoms with Crippen LogP contribution in [0.15, 0.2) is 57.8 Å². The van der Waals surface area contributed by atoms with Gasteiger partial charge in [0.05, 0.1) is 10.5 Å². The molecule has 140 valence electrons. The van der Waals surface area contributed by atoms with E-state index in [1.54, 1.807) is 6.92 Å². The molecule has 2 aromatic carbocycles. The number of nitrogens with two attached hydrogens (primary N) is 1. The Balaban J connectivity index is 1.75. The first-order valence-corrected chi connectivity index (χ1v) is 9.53. The molecule has 2 N–H and O–H groups in total. The van der Waals surface area contributed by atoms with Gasteiger partial charge in [0.15, 0.2) is 6.10 Å². The summed E-state index contributed by atoms with van der Waals surface area (Å²) in [5, 5.41) is 12.9. The molecule has 1 atom stereocenters. The second kappa shape index (κ2) is 7.29. The average Bonchev–Trinajstić information content (AvgIpc) is 3.12. The molecule has 27 heavy (non-hydrogen) atoms. The van der Waals surface area contributed by atoms with Crippen molar-refractivity contribution in [1.82, 2.24) is 10.2 Å². The first-order chi connectivity index (χ1) is 12.7. The van der Waals surface area contributed by atoms with Crippen molar-refractivity contribution >= 4 is 16.0 Å². The molecule has 3 aromatic rings. The number of sulfonamides is 1. The van der Waals surface area contributed by atoms with Gasteiger partial charge in [0.2, 0.25) is 15.9 Å². The fourth-order valence-electron chi connectivity index (χ4n) is 2.29. The monoisotopic (exact) mass is 387 g/mol. The Bertz CT molecular complexity index is 1070. The van der Waals surface area contributed by atoms with Gasteiger partial charge in [-0.25, -0.2) is 18.4 Å². The molecule has 0 saturated heterocycles. The molecule has 0 saturated carbocycles. The van der Waals surface area contributed by atoms with Gasteiger partial charge in [-0.2, -0.15) is 0 Å². The zero-order valence-electron chi connectivity index (χ0n) is 14.6. The molecule has 1 heterocycles. The summed E-state index contributed by atoms with van der Waals surface area (Å²) in [6, 6.07) is 12.8. The Labute approximate surface area is 156 Å². The zero-order chi connectivity index (χ0) is 19.6. The van der Waals surface area contributed by atoms with E-state index in [0.29, 0.717) is 5.89 Å². The summed E-state index contributed by atoms with van der Waals surface area (Å²) in [5.74, 6) is -0.297. The van der Waals surface area contributed by atoms with Crippen molar-refractivity contribution < 1.29 is 22.4 Å². The highest BCUT2D eigenvalue weighted by molar-refractivity contribution is 7.89. The van der Waals surface area contributed by atoms with Gasteiger partial charge in [-0.1, -0.05) is 23.8 Å². The third-order valence-corrected chi connectivity index (χ3v) is 4.68. The van der Waals surface area contributed by atoms with Crippen LogP contribution in [0.25, 0.3) is 11.5 Å². The first-order valence-electron chi connectivity index (χ1n) is 7.98. The number of hydrogen-bond donors (Lipinski definition) is 1. The maximum atomic E-state index is 12.3. The van der Waals surface area contributed by atoms with Crippen LogP contribution in [-0.4, -0.2) is 24.6 Å². The molecule has 1 aromatic heterocycles. The minimum absolute atomic E-state index is 0.0478. The van der Waals surface area contributed by atoms with E-state index >= 15 is 0 Å². The minimum Gasteiger partial charge on any atom is -0.449 e. The molecule has 1 unspecified atom stereocenters. The van der Waals surface area contributed by atoms with Gasteiger partial charge in [0.1, 0.15) is 0 Å². The van der Waals surface area contributed by atoms with Crippen molar-refractivity contribution in [3.63, 3.8) is 0 Å². The number of rotatable bonds is 5. The van der Waals surface area contributed by atoms with E-state index in [1.165, 1.54) is 18.2 Å². The lowest BCUT2D eigenvalue weighted by Crippen LogP contribution is -2.14. The highest BCUT2D eigenvalue weighted by Crippen LogP contribution is 2.23. The molecule has 0 aliphatic carbocycles. The van der Waals surface area contributed by atoms with E-state index in [2.05, 4.69) is 10.2 Å². The fourth-order valence-corrected chi connectivity index (χ4v) is 2.85. The van der Waals surface area contributed by atoms with E-state index < -0.39 is 22.1 Å². The predicted molar refractivity (Wildman–Crippen MR) is 96.1 cm³/mol. The van der Waals surface area contributed by atoms with Gasteiger partial charge in [-0.3, -0.25) is 0 Å². The maximum absolute atomic E-state index is 12.3. The van der Waals surface area contributed by atoms with E-state index in [9.17, 15) is 13.2 Å². The fraction of sp³-hybridized carbons (Fsp3) is 0.167. The van der Waals surface area contributed by atoms with Gasteiger partial charge in [0, 0.05) is 5.56 Å². The van der Waals surface area contributed by atoms with E-state index in [1.807, 2.05) is 31.2 Å². The largest absolute Gasteiger partial charge is 0.449 e. The van der Waals surface area contributed by atoms with Gasteiger partial charge < -0.3 is 9.15 Å². The van der Waals surface area contributed by atoms with Crippen LogP contribution in [0.5, 0.6) is 0 Å². The summed E-state index contributed by atoms with van der Waals surface area (Å²) in [5.41, 5.74) is 1.90. The van der Waals surface area contributed by atoms with Gasteiger partial charge in [0.25, 0.3) is 5.89 Å². The number of ether oxygens (including phenoxy) is 1. The Morgan fingerprint density at radius 3 is 2.52 bits per heavy atom. The normalized spacial score (nSPS) is 12.6. The summed E-state index contributed by atoms with van der Waals surface area (Å²) in [6.45, 7) is 3.54. The van der Waals surface area contributed by atoms with E-state index in [0.717, 1.165) is 17.2 Å². The highest BCUT2D eigenvalue weighted by Gasteiger charge is 2.21. The van der Waals surface area contributed by atoms with Crippen molar-refractivity contribution in [3.05, 3.63) is 65.5 Å². The molecule has 0 spiro atoms. The standard InChI is InChI=1S/C18H17N3O5S/c1-11-6-8-13(9-7-11)17-21-20-16(26-17)12(2)25-18(22)14-4-3-5-15(10-14)27(19,23)24/h3-10,12H,1-2H3,(H2,19,23,24). The lowest BCUT2D eigenvalue weighted by molar-refractivity contribution is 0.0279. The van der Waals surface area contributed by atoms with Crippen LogP contribution in [0.1, 0.15) is 34.8 Å². The Hall–Kier alpha value is -3.04. The summed E-state index contributed by atoms with van der Waals surface area (Å²) in [4.78, 5) is 12.1. The van der Waals surface area contributed by atoms with Gasteiger partial charge >= 0.3 is 5.97 Å². The summed E-state index contributed by atoms with van der Waals surface area (Å²) >= 11 is 0. The molecule has 0 aliphatic rings. The number of nitrogens with zero attached hydrogens (tertiary/aromatic N) is 2. The molecule has 9 heteroatoms. The second-order valence-corrected chi connectivity index (χ2v) is 7.49. The molecule has 0 amide bonds. The van der Waals surface area contributed by atoms with Crippen LogP contribution < -0.4 is 5.14 Å². The van der Waals surface area contributed by atoms with Crippen LogP contribution in [-0.2, 0) is 14.8 Å². The van der Waals surface area contributed by atoms with Crippen molar-refractivity contribution in [2.45, 2.75) is 24.8 Å². The van der Waals surface area contributed by atoms with Gasteiger partial charge in [-0.15, -0.1) is 10.2 Å². The number of hydrogen-bond acceptors (Lipinski definition) is 7. The third kappa shape index (κ3) is 4.39. The summed E-state index contributed by atoms with van der Waals surface area (Å²) in [7, 11) is -3.92. The molecule has 0 radical (unpaired) electrons. The van der Waals surface area contributed by atoms with Crippen LogP contribution in [0, 0.1) is 6.92 Å². The summed E-state index contributed by atoms with van der Waals surface area (Å²) in [6.07, 6.45) is -0.817. The van der Waals surface area contributed by atoms with Crippen molar-refractivity contribution in [2.24, 2.45) is 5.14 Å². The predicted octanol–water partition coefficient (Wildman–Crippen LogP) is 2.61. The quantitative estimate of drug-likeness (QED) is 0.667. The number of esters is 1. The first kappa shape index (κ1) is 18.7. The second-order valence-electron chi connectivity index (χ2n) is 5.93. The summed E-state index contributed by atoms with van der Waals surface area (Å²) < 4.78 is 33.7. The molecule has 0 aliphatic heterocycles. The van der Waals surface area contributed by atoms with Crippen LogP contribution in [0.2, 0.25) is 0 Å². The molecule has 0 fully saturated rings. The van der Waals surface area contributed by atoms with Crippen molar-refractivity contribution in [3.8, 4) is 11.5 Å². The molecular formula is C18H17N3O5S. The number of aromatic nitrogens is 2. The van der Waals surface area contributed by atoms with Crippen LogP contribution in [0.3, 0.4) is 0 Å². The number of primary sulfonamides is 1. The molecule has 8 nitrogen and oxygen atoms in total. The van der Waals surface area contributed by atoms with Gasteiger partial charge in [-0.05, 0) is 44.2 Å². The topological polar surface area (TPSA) is 125 Å². The molecule has 0 bridgehead atoms. The maximum Gasteiger partial charge on any atom is 0.338 e. The Kier molecular flexibility index (Phi) is 5.06.